The van der Waals surface area contributed by atoms with E-state index in [1.54, 1.807) is 11.8 Å². The van der Waals surface area contributed by atoms with Crippen molar-refractivity contribution >= 4 is 23.6 Å². The van der Waals surface area contributed by atoms with Gasteiger partial charge in [0.2, 0.25) is 5.91 Å². The third-order valence-electron chi connectivity index (χ3n) is 3.55. The van der Waals surface area contributed by atoms with Gasteiger partial charge in [-0.3, -0.25) is 20.0 Å². The number of nitrogens with one attached hydrogen (secondary N) is 1. The first-order chi connectivity index (χ1) is 9.25. The molecule has 100 valence electrons. The van der Waals surface area contributed by atoms with Gasteiger partial charge in [0, 0.05) is 13.0 Å². The van der Waals surface area contributed by atoms with Gasteiger partial charge < -0.3 is 0 Å². The van der Waals surface area contributed by atoms with Gasteiger partial charge in [0.05, 0.1) is 0 Å². The summed E-state index contributed by atoms with van der Waals surface area (Å²) < 4.78 is 0. The fourth-order valence-electron chi connectivity index (χ4n) is 2.57. The van der Waals surface area contributed by atoms with Crippen molar-refractivity contribution in [3.05, 3.63) is 35.4 Å². The second-order valence-electron chi connectivity index (χ2n) is 4.82. The summed E-state index contributed by atoms with van der Waals surface area (Å²) in [4.78, 5) is 23.9. The Morgan fingerprint density at radius 3 is 2.95 bits per heavy atom. The fourth-order valence-corrected chi connectivity index (χ4v) is 3.76. The molecule has 0 bridgehead atoms. The number of thioether (sulfide) groups is 1. The van der Waals surface area contributed by atoms with E-state index in [1.165, 1.54) is 10.6 Å². The maximum atomic E-state index is 12.3. The van der Waals surface area contributed by atoms with Crippen LogP contribution in [-0.4, -0.2) is 29.1 Å². The molecule has 4 nitrogen and oxygen atoms in total. The fraction of sp³-hybridized carbons (Fsp3) is 0.429. The Morgan fingerprint density at radius 1 is 1.32 bits per heavy atom. The van der Waals surface area contributed by atoms with Gasteiger partial charge in [-0.15, -0.1) is 11.8 Å². The topological polar surface area (TPSA) is 49.4 Å². The molecule has 1 aromatic carbocycles. The van der Waals surface area contributed by atoms with E-state index in [4.69, 9.17) is 0 Å². The molecule has 2 amide bonds. The van der Waals surface area contributed by atoms with Crippen LogP contribution in [0, 0.1) is 0 Å². The molecule has 1 unspecified atom stereocenters. The molecule has 0 aliphatic carbocycles. The molecule has 1 atom stereocenters. The van der Waals surface area contributed by atoms with E-state index in [0.29, 0.717) is 13.0 Å². The van der Waals surface area contributed by atoms with Crippen molar-refractivity contribution in [1.29, 1.82) is 0 Å². The van der Waals surface area contributed by atoms with Crippen molar-refractivity contribution in [2.24, 2.45) is 0 Å². The lowest BCUT2D eigenvalue weighted by molar-refractivity contribution is -0.137. The zero-order valence-corrected chi connectivity index (χ0v) is 11.4. The molecule has 2 aliphatic rings. The number of amides is 2. The number of hydrazine groups is 1. The molecule has 1 N–H and O–H groups in total. The van der Waals surface area contributed by atoms with Crippen LogP contribution in [0.25, 0.3) is 0 Å². The summed E-state index contributed by atoms with van der Waals surface area (Å²) in [5.74, 6) is 0.887. The van der Waals surface area contributed by atoms with Crippen LogP contribution >= 0.6 is 11.8 Å². The minimum absolute atomic E-state index is 0.0162. The van der Waals surface area contributed by atoms with Crippen LogP contribution in [0.1, 0.15) is 29.2 Å². The van der Waals surface area contributed by atoms with E-state index in [-0.39, 0.29) is 17.1 Å². The molecule has 3 rings (SSSR count). The number of aryl methyl sites for hydroxylation is 1. The van der Waals surface area contributed by atoms with E-state index in [1.807, 2.05) is 18.2 Å². The molecule has 0 spiro atoms. The number of rotatable bonds is 2. The molecule has 19 heavy (non-hydrogen) atoms. The molecule has 5 heteroatoms. The maximum absolute atomic E-state index is 12.3. The largest absolute Gasteiger partial charge is 0.273 e. The zero-order chi connectivity index (χ0) is 13.2. The van der Waals surface area contributed by atoms with E-state index >= 15 is 0 Å². The third kappa shape index (κ3) is 2.47. The van der Waals surface area contributed by atoms with Crippen molar-refractivity contribution in [1.82, 2.24) is 10.4 Å². The summed E-state index contributed by atoms with van der Waals surface area (Å²) in [7, 11) is 0. The summed E-state index contributed by atoms with van der Waals surface area (Å²) >= 11 is 1.65. The van der Waals surface area contributed by atoms with Gasteiger partial charge in [0.25, 0.3) is 5.91 Å². The van der Waals surface area contributed by atoms with Gasteiger partial charge in [-0.1, -0.05) is 24.3 Å². The highest BCUT2D eigenvalue weighted by atomic mass is 32.2. The van der Waals surface area contributed by atoms with Gasteiger partial charge >= 0.3 is 0 Å². The van der Waals surface area contributed by atoms with Crippen LogP contribution < -0.4 is 5.43 Å². The molecule has 1 saturated heterocycles. The van der Waals surface area contributed by atoms with Crippen molar-refractivity contribution in [3.8, 4) is 0 Å². The van der Waals surface area contributed by atoms with Gasteiger partial charge in [-0.25, -0.2) is 0 Å². The Bertz CT molecular complexity index is 518. The van der Waals surface area contributed by atoms with Crippen molar-refractivity contribution in [2.45, 2.75) is 24.5 Å². The van der Waals surface area contributed by atoms with Crippen molar-refractivity contribution < 1.29 is 9.59 Å². The molecular weight excluding hydrogens is 260 g/mol. The van der Waals surface area contributed by atoms with Gasteiger partial charge in [-0.05, 0) is 29.7 Å². The monoisotopic (exact) mass is 276 g/mol. The number of carbonyl (C=O) groups is 2. The lowest BCUT2D eigenvalue weighted by Crippen LogP contribution is -2.45. The number of hydrogen-bond acceptors (Lipinski definition) is 3. The Balaban J connectivity index is 1.76. The first-order valence-electron chi connectivity index (χ1n) is 6.56. The molecule has 1 aromatic rings. The number of benzene rings is 1. The first kappa shape index (κ1) is 12.5. The molecule has 1 fully saturated rings. The minimum Gasteiger partial charge on any atom is -0.273 e. The van der Waals surface area contributed by atoms with Crippen molar-refractivity contribution in [3.63, 3.8) is 0 Å². The normalized spacial score (nSPS) is 22.2. The van der Waals surface area contributed by atoms with Crippen LogP contribution in [-0.2, 0) is 16.0 Å². The van der Waals surface area contributed by atoms with Crippen LogP contribution in [0.15, 0.2) is 24.3 Å². The number of carbonyl (C=O) groups excluding carboxylic acids is 2. The summed E-state index contributed by atoms with van der Waals surface area (Å²) in [5, 5.41) is 1.26. The summed E-state index contributed by atoms with van der Waals surface area (Å²) in [6.45, 7) is 0.629. The van der Waals surface area contributed by atoms with Crippen LogP contribution in [0.4, 0.5) is 0 Å². The average molecular weight is 276 g/mol. The number of fused-ring (bicyclic) bond motifs is 1. The lowest BCUT2D eigenvalue weighted by atomic mass is 10.0. The molecule has 0 aromatic heterocycles. The quantitative estimate of drug-likeness (QED) is 0.894. The van der Waals surface area contributed by atoms with E-state index in [9.17, 15) is 9.59 Å². The Labute approximate surface area is 116 Å². The van der Waals surface area contributed by atoms with Gasteiger partial charge in [0.1, 0.15) is 5.25 Å². The molecule has 0 saturated carbocycles. The average Bonchev–Trinajstić information content (AvgIpc) is 2.83. The Morgan fingerprint density at radius 2 is 2.16 bits per heavy atom. The van der Waals surface area contributed by atoms with E-state index in [2.05, 4.69) is 11.5 Å². The first-order valence-corrected chi connectivity index (χ1v) is 7.61. The maximum Gasteiger partial charge on any atom is 0.256 e. The highest BCUT2D eigenvalue weighted by Crippen LogP contribution is 2.36. The molecular formula is C14H16N2O2S. The molecule has 2 aliphatic heterocycles. The van der Waals surface area contributed by atoms with Gasteiger partial charge in [0.15, 0.2) is 0 Å². The lowest BCUT2D eigenvalue weighted by Gasteiger charge is -2.26. The Kier molecular flexibility index (Phi) is 3.46. The van der Waals surface area contributed by atoms with E-state index < -0.39 is 0 Å². The Hall–Kier alpha value is -1.49. The predicted molar refractivity (Wildman–Crippen MR) is 74.4 cm³/mol. The SMILES string of the molecule is O=C(NN1CCCC1=O)C1SCCc2ccccc21. The number of hydrogen-bond donors (Lipinski definition) is 1. The van der Waals surface area contributed by atoms with Crippen LogP contribution in [0.2, 0.25) is 0 Å². The summed E-state index contributed by atoms with van der Waals surface area (Å²) in [6.07, 6.45) is 2.37. The molecule has 0 radical (unpaired) electrons. The standard InChI is InChI=1S/C14H16N2O2S/c17-12-6-3-8-16(12)15-14(18)13-11-5-2-1-4-10(11)7-9-19-13/h1-2,4-5,13H,3,6-9H2,(H,15,18). The minimum atomic E-state index is -0.196. The second kappa shape index (κ2) is 5.25. The van der Waals surface area contributed by atoms with E-state index in [0.717, 1.165) is 24.2 Å². The zero-order valence-electron chi connectivity index (χ0n) is 10.6. The van der Waals surface area contributed by atoms with Crippen molar-refractivity contribution in [2.75, 3.05) is 12.3 Å². The highest BCUT2D eigenvalue weighted by Gasteiger charge is 2.30. The van der Waals surface area contributed by atoms with Gasteiger partial charge in [-0.2, -0.15) is 0 Å². The summed E-state index contributed by atoms with van der Waals surface area (Å²) in [5.41, 5.74) is 5.09. The van der Waals surface area contributed by atoms with Crippen LogP contribution in [0.5, 0.6) is 0 Å². The summed E-state index contributed by atoms with van der Waals surface area (Å²) in [6, 6.07) is 8.06. The number of nitrogens with zero attached hydrogens (tertiary/aromatic N) is 1. The predicted octanol–water partition coefficient (Wildman–Crippen LogP) is 1.67. The third-order valence-corrected chi connectivity index (χ3v) is 4.79. The second-order valence-corrected chi connectivity index (χ2v) is 6.04. The highest BCUT2D eigenvalue weighted by molar-refractivity contribution is 8.00. The molecule has 2 heterocycles. The van der Waals surface area contributed by atoms with Crippen LogP contribution in [0.3, 0.4) is 0 Å². The smallest absolute Gasteiger partial charge is 0.256 e.